The lowest BCUT2D eigenvalue weighted by Crippen LogP contribution is -2.49. The van der Waals surface area contributed by atoms with Crippen LogP contribution in [-0.2, 0) is 20.7 Å². The molecule has 1 aromatic heterocycles. The molecule has 3 heterocycles. The summed E-state index contributed by atoms with van der Waals surface area (Å²) in [6.45, 7) is 19.2. The summed E-state index contributed by atoms with van der Waals surface area (Å²) in [6.07, 6.45) is 9.51. The fourth-order valence-electron chi connectivity index (χ4n) is 5.03. The van der Waals surface area contributed by atoms with Crippen molar-refractivity contribution in [2.45, 2.75) is 105 Å². The molecule has 1 amide bonds. The van der Waals surface area contributed by atoms with Crippen LogP contribution in [0.5, 0.6) is 0 Å². The third kappa shape index (κ3) is 9.72. The molecule has 2 fully saturated rings. The van der Waals surface area contributed by atoms with Crippen LogP contribution >= 0.6 is 11.3 Å². The van der Waals surface area contributed by atoms with Crippen LogP contribution in [-0.4, -0.2) is 59.5 Å². The van der Waals surface area contributed by atoms with Crippen LogP contribution in [0.3, 0.4) is 0 Å². The van der Waals surface area contributed by atoms with Gasteiger partial charge in [-0.1, -0.05) is 12.5 Å². The molecule has 0 saturated carbocycles. The van der Waals surface area contributed by atoms with Crippen molar-refractivity contribution in [2.24, 2.45) is 5.92 Å². The SMILES string of the molecule is C=CC.Cc1scc(CC[C@@H](CC(=O)OC(C)(C)C)C(=O)N2CCC(N3CCCCC3)CC2)c1C. The molecule has 5 nitrogen and oxygen atoms in total. The van der Waals surface area contributed by atoms with Gasteiger partial charge in [0.2, 0.25) is 5.91 Å². The second kappa shape index (κ2) is 14.2. The predicted octanol–water partition coefficient (Wildman–Crippen LogP) is 6.31. The van der Waals surface area contributed by atoms with Gasteiger partial charge in [0.05, 0.1) is 6.42 Å². The molecule has 6 heteroatoms. The highest BCUT2D eigenvalue weighted by atomic mass is 32.1. The number of likely N-dealkylation sites (tertiary alicyclic amines) is 2. The van der Waals surface area contributed by atoms with E-state index in [1.165, 1.54) is 48.4 Å². The first-order valence-electron chi connectivity index (χ1n) is 13.4. The van der Waals surface area contributed by atoms with Gasteiger partial charge in [0.15, 0.2) is 0 Å². The number of esters is 1. The van der Waals surface area contributed by atoms with Crippen LogP contribution in [0, 0.1) is 19.8 Å². The van der Waals surface area contributed by atoms with E-state index in [1.807, 2.05) is 32.6 Å². The Hall–Kier alpha value is -1.66. The number of thiophene rings is 1. The molecule has 0 radical (unpaired) electrons. The van der Waals surface area contributed by atoms with Crippen LogP contribution in [0.25, 0.3) is 0 Å². The fourth-order valence-corrected chi connectivity index (χ4v) is 5.95. The zero-order valence-electron chi connectivity index (χ0n) is 23.0. The molecule has 35 heavy (non-hydrogen) atoms. The molecule has 0 unspecified atom stereocenters. The number of allylic oxidation sites excluding steroid dienone is 1. The number of amides is 1. The van der Waals surface area contributed by atoms with Gasteiger partial charge in [0.25, 0.3) is 0 Å². The third-order valence-corrected chi connectivity index (χ3v) is 8.08. The van der Waals surface area contributed by atoms with Gasteiger partial charge in [-0.05, 0) is 110 Å². The molecule has 3 rings (SSSR count). The van der Waals surface area contributed by atoms with E-state index in [4.69, 9.17) is 4.74 Å². The van der Waals surface area contributed by atoms with Crippen LogP contribution in [0.1, 0.15) is 88.6 Å². The number of rotatable bonds is 7. The molecule has 1 atom stereocenters. The Kier molecular flexibility index (Phi) is 12.0. The number of carbonyl (C=O) groups excluding carboxylic acids is 2. The number of hydrogen-bond acceptors (Lipinski definition) is 5. The molecule has 2 aliphatic rings. The summed E-state index contributed by atoms with van der Waals surface area (Å²) in [6, 6.07) is 0.611. The Balaban J connectivity index is 0.00000137. The van der Waals surface area contributed by atoms with Gasteiger partial charge >= 0.3 is 5.97 Å². The van der Waals surface area contributed by atoms with E-state index >= 15 is 0 Å². The quantitative estimate of drug-likeness (QED) is 0.322. The van der Waals surface area contributed by atoms with Crippen molar-refractivity contribution < 1.29 is 14.3 Å². The van der Waals surface area contributed by atoms with E-state index in [0.29, 0.717) is 12.5 Å². The molecule has 1 aromatic rings. The van der Waals surface area contributed by atoms with E-state index < -0.39 is 5.60 Å². The first kappa shape index (κ1) is 29.6. The Morgan fingerprint density at radius 2 is 1.74 bits per heavy atom. The zero-order valence-corrected chi connectivity index (χ0v) is 23.8. The van der Waals surface area contributed by atoms with Crippen LogP contribution in [0.2, 0.25) is 0 Å². The van der Waals surface area contributed by atoms with Crippen LogP contribution in [0.4, 0.5) is 0 Å². The lowest BCUT2D eigenvalue weighted by atomic mass is 9.92. The molecule has 0 aliphatic carbocycles. The highest BCUT2D eigenvalue weighted by Crippen LogP contribution is 2.27. The summed E-state index contributed by atoms with van der Waals surface area (Å²) in [4.78, 5) is 32.1. The van der Waals surface area contributed by atoms with E-state index in [1.54, 1.807) is 17.4 Å². The van der Waals surface area contributed by atoms with Crippen LogP contribution in [0.15, 0.2) is 18.0 Å². The first-order valence-corrected chi connectivity index (χ1v) is 14.3. The molecule has 0 aromatic carbocycles. The molecule has 0 bridgehead atoms. The van der Waals surface area contributed by atoms with Gasteiger partial charge in [-0.15, -0.1) is 17.9 Å². The number of carbonyl (C=O) groups is 2. The molecule has 2 saturated heterocycles. The number of piperidine rings is 2. The largest absolute Gasteiger partial charge is 0.460 e. The van der Waals surface area contributed by atoms with Gasteiger partial charge in [-0.3, -0.25) is 9.59 Å². The average molecular weight is 505 g/mol. The lowest BCUT2D eigenvalue weighted by Gasteiger charge is -2.41. The highest BCUT2D eigenvalue weighted by Gasteiger charge is 2.33. The van der Waals surface area contributed by atoms with Gasteiger partial charge in [0, 0.05) is 29.9 Å². The summed E-state index contributed by atoms with van der Waals surface area (Å²) in [5.74, 6) is -0.439. The van der Waals surface area contributed by atoms with E-state index in [9.17, 15) is 9.59 Å². The maximum Gasteiger partial charge on any atom is 0.307 e. The monoisotopic (exact) mass is 504 g/mol. The number of nitrogens with zero attached hydrogens (tertiary/aromatic N) is 2. The summed E-state index contributed by atoms with van der Waals surface area (Å²) >= 11 is 1.76. The summed E-state index contributed by atoms with van der Waals surface area (Å²) in [5.41, 5.74) is 2.09. The van der Waals surface area contributed by atoms with Gasteiger partial charge in [0.1, 0.15) is 5.60 Å². The van der Waals surface area contributed by atoms with Crippen molar-refractivity contribution in [3.8, 4) is 0 Å². The normalized spacial score (nSPS) is 18.4. The molecular weight excluding hydrogens is 456 g/mol. The number of ether oxygens (including phenoxy) is 1. The van der Waals surface area contributed by atoms with Crippen molar-refractivity contribution in [2.75, 3.05) is 26.2 Å². The minimum absolute atomic E-state index is 0.137. The minimum Gasteiger partial charge on any atom is -0.460 e. The summed E-state index contributed by atoms with van der Waals surface area (Å²) < 4.78 is 5.57. The highest BCUT2D eigenvalue weighted by molar-refractivity contribution is 7.10. The Bertz CT molecular complexity index is 812. The van der Waals surface area contributed by atoms with E-state index in [-0.39, 0.29) is 24.2 Å². The molecule has 2 aliphatic heterocycles. The topological polar surface area (TPSA) is 49.9 Å². The summed E-state index contributed by atoms with van der Waals surface area (Å²) in [7, 11) is 0. The van der Waals surface area contributed by atoms with Crippen molar-refractivity contribution >= 4 is 23.2 Å². The number of hydrogen-bond donors (Lipinski definition) is 0. The van der Waals surface area contributed by atoms with E-state index in [0.717, 1.165) is 32.4 Å². The molecular formula is C29H48N2O3S. The second-order valence-electron chi connectivity index (χ2n) is 11.0. The predicted molar refractivity (Wildman–Crippen MR) is 147 cm³/mol. The molecule has 198 valence electrons. The number of aryl methyl sites for hydroxylation is 2. The van der Waals surface area contributed by atoms with Gasteiger partial charge in [-0.25, -0.2) is 0 Å². The zero-order chi connectivity index (χ0) is 26.0. The van der Waals surface area contributed by atoms with Gasteiger partial charge in [-0.2, -0.15) is 0 Å². The third-order valence-electron chi connectivity index (χ3n) is 7.02. The standard InChI is InChI=1S/C26H42N2O3S.C3H6/c1-19-20(2)32-18-22(19)10-9-21(17-24(29)31-26(3,4)5)25(30)28-15-11-23(12-16-28)27-13-7-6-8-14-27;1-3-2/h18,21,23H,6-17H2,1-5H3;3H,1H2,2H3/t21-;/m0./s1. The minimum atomic E-state index is -0.529. The smallest absolute Gasteiger partial charge is 0.307 e. The van der Waals surface area contributed by atoms with Crippen molar-refractivity contribution in [1.29, 1.82) is 0 Å². The van der Waals surface area contributed by atoms with Crippen molar-refractivity contribution in [3.05, 3.63) is 34.0 Å². The molecule has 0 spiro atoms. The first-order chi connectivity index (χ1) is 16.6. The average Bonchev–Trinajstić information content (AvgIpc) is 3.13. The maximum absolute atomic E-state index is 13.5. The van der Waals surface area contributed by atoms with Crippen molar-refractivity contribution in [3.63, 3.8) is 0 Å². The Morgan fingerprint density at radius 1 is 1.14 bits per heavy atom. The van der Waals surface area contributed by atoms with E-state index in [2.05, 4.69) is 30.7 Å². The fraction of sp³-hybridized carbons (Fsp3) is 0.724. The maximum atomic E-state index is 13.5. The van der Waals surface area contributed by atoms with Crippen LogP contribution < -0.4 is 0 Å². The summed E-state index contributed by atoms with van der Waals surface area (Å²) in [5, 5.41) is 2.20. The van der Waals surface area contributed by atoms with Gasteiger partial charge < -0.3 is 14.5 Å². The van der Waals surface area contributed by atoms with Crippen molar-refractivity contribution in [1.82, 2.24) is 9.80 Å². The Morgan fingerprint density at radius 3 is 2.26 bits per heavy atom. The second-order valence-corrected chi connectivity index (χ2v) is 12.1. The molecule has 0 N–H and O–H groups in total. The Labute approximate surface area is 217 Å². The lowest BCUT2D eigenvalue weighted by molar-refractivity contribution is -0.158.